The summed E-state index contributed by atoms with van der Waals surface area (Å²) < 4.78 is 10.9. The predicted molar refractivity (Wildman–Crippen MR) is 87.9 cm³/mol. The van der Waals surface area contributed by atoms with Crippen molar-refractivity contribution in [3.63, 3.8) is 0 Å². The van der Waals surface area contributed by atoms with Gasteiger partial charge in [0.2, 0.25) is 11.8 Å². The first-order valence-electron chi connectivity index (χ1n) is 7.44. The molecule has 0 spiro atoms. The van der Waals surface area contributed by atoms with Gasteiger partial charge in [-0.2, -0.15) is 0 Å². The van der Waals surface area contributed by atoms with Gasteiger partial charge in [-0.05, 0) is 36.9 Å². The molecule has 0 unspecified atom stereocenters. The third kappa shape index (κ3) is 3.96. The topological polar surface area (TPSA) is 51.4 Å². The van der Waals surface area contributed by atoms with Crippen LogP contribution in [0.15, 0.2) is 59.0 Å². The number of hydrogen-bond acceptors (Lipinski definition) is 5. The molecule has 3 rings (SSSR count). The number of aromatic nitrogens is 2. The molecular weight excluding hydrogens is 290 g/mol. The minimum Gasteiger partial charge on any atom is -0.497 e. The van der Waals surface area contributed by atoms with E-state index in [1.54, 1.807) is 7.11 Å². The van der Waals surface area contributed by atoms with E-state index in [0.29, 0.717) is 18.3 Å². The molecule has 3 aromatic rings. The summed E-state index contributed by atoms with van der Waals surface area (Å²) >= 11 is 0. The lowest BCUT2D eigenvalue weighted by Gasteiger charge is -2.14. The second kappa shape index (κ2) is 7.07. The van der Waals surface area contributed by atoms with Crippen molar-refractivity contribution in [3.8, 4) is 17.2 Å². The second-order valence-electron chi connectivity index (χ2n) is 5.39. The molecular formula is C18H19N3O2. The molecule has 0 radical (unpaired) electrons. The van der Waals surface area contributed by atoms with Crippen LogP contribution >= 0.6 is 0 Å². The standard InChI is InChI=1S/C18H19N3O2/c1-21(12-14-8-10-16(22-2)11-9-14)13-17-19-20-18(23-17)15-6-4-3-5-7-15/h3-11H,12-13H2,1-2H3. The minimum absolute atomic E-state index is 0.554. The Bertz CT molecular complexity index is 738. The van der Waals surface area contributed by atoms with Crippen molar-refractivity contribution in [3.05, 3.63) is 66.1 Å². The lowest BCUT2D eigenvalue weighted by Crippen LogP contribution is -2.17. The first-order valence-corrected chi connectivity index (χ1v) is 7.44. The molecule has 5 nitrogen and oxygen atoms in total. The molecule has 0 aliphatic carbocycles. The Labute approximate surface area is 135 Å². The summed E-state index contributed by atoms with van der Waals surface area (Å²) in [5, 5.41) is 8.23. The summed E-state index contributed by atoms with van der Waals surface area (Å²) in [5.74, 6) is 2.03. The molecule has 0 bridgehead atoms. The third-order valence-electron chi connectivity index (χ3n) is 3.50. The van der Waals surface area contributed by atoms with Gasteiger partial charge >= 0.3 is 0 Å². The number of benzene rings is 2. The average molecular weight is 309 g/mol. The van der Waals surface area contributed by atoms with Gasteiger partial charge in [-0.15, -0.1) is 10.2 Å². The van der Waals surface area contributed by atoms with Gasteiger partial charge in [0.15, 0.2) is 0 Å². The van der Waals surface area contributed by atoms with Gasteiger partial charge in [-0.25, -0.2) is 0 Å². The van der Waals surface area contributed by atoms with Crippen LogP contribution in [0.2, 0.25) is 0 Å². The Morgan fingerprint density at radius 1 is 0.957 bits per heavy atom. The molecule has 118 valence electrons. The summed E-state index contributed by atoms with van der Waals surface area (Å²) in [5.41, 5.74) is 2.14. The molecule has 0 aliphatic heterocycles. The first kappa shape index (κ1) is 15.2. The van der Waals surface area contributed by atoms with Crippen molar-refractivity contribution in [2.24, 2.45) is 0 Å². The summed E-state index contributed by atoms with van der Waals surface area (Å²) in [6.45, 7) is 1.40. The van der Waals surface area contributed by atoms with Gasteiger partial charge in [0.05, 0.1) is 13.7 Å². The van der Waals surface area contributed by atoms with Gasteiger partial charge in [0, 0.05) is 12.1 Å². The first-order chi connectivity index (χ1) is 11.2. The fourth-order valence-corrected chi connectivity index (χ4v) is 2.34. The summed E-state index contributed by atoms with van der Waals surface area (Å²) in [6, 6.07) is 17.8. The van der Waals surface area contributed by atoms with Gasteiger partial charge in [0.25, 0.3) is 0 Å². The maximum atomic E-state index is 5.73. The van der Waals surface area contributed by atoms with Gasteiger partial charge in [-0.3, -0.25) is 4.90 Å². The molecule has 0 saturated carbocycles. The molecule has 0 amide bonds. The SMILES string of the molecule is COc1ccc(CN(C)Cc2nnc(-c3ccccc3)o2)cc1. The fourth-order valence-electron chi connectivity index (χ4n) is 2.34. The zero-order valence-electron chi connectivity index (χ0n) is 13.3. The molecule has 0 saturated heterocycles. The van der Waals surface area contributed by atoms with E-state index in [1.165, 1.54) is 5.56 Å². The maximum Gasteiger partial charge on any atom is 0.247 e. The van der Waals surface area contributed by atoms with Crippen LogP contribution in [0.3, 0.4) is 0 Å². The Kier molecular flexibility index (Phi) is 4.68. The highest BCUT2D eigenvalue weighted by atomic mass is 16.5. The number of hydrogen-bond donors (Lipinski definition) is 0. The lowest BCUT2D eigenvalue weighted by atomic mass is 10.2. The molecule has 23 heavy (non-hydrogen) atoms. The zero-order valence-corrected chi connectivity index (χ0v) is 13.3. The molecule has 0 fully saturated rings. The van der Waals surface area contributed by atoms with Crippen LogP contribution in [0, 0.1) is 0 Å². The summed E-state index contributed by atoms with van der Waals surface area (Å²) in [6.07, 6.45) is 0. The Morgan fingerprint density at radius 3 is 2.39 bits per heavy atom. The van der Waals surface area contributed by atoms with E-state index >= 15 is 0 Å². The highest BCUT2D eigenvalue weighted by Crippen LogP contribution is 2.18. The number of nitrogens with zero attached hydrogens (tertiary/aromatic N) is 3. The number of methoxy groups -OCH3 is 1. The lowest BCUT2D eigenvalue weighted by molar-refractivity contribution is 0.282. The molecule has 1 aromatic heterocycles. The Hall–Kier alpha value is -2.66. The second-order valence-corrected chi connectivity index (χ2v) is 5.39. The van der Waals surface area contributed by atoms with Crippen molar-refractivity contribution in [2.75, 3.05) is 14.2 Å². The van der Waals surface area contributed by atoms with E-state index in [2.05, 4.69) is 27.2 Å². The molecule has 5 heteroatoms. The number of rotatable bonds is 6. The smallest absolute Gasteiger partial charge is 0.247 e. The monoisotopic (exact) mass is 309 g/mol. The van der Waals surface area contributed by atoms with E-state index in [4.69, 9.17) is 9.15 Å². The Balaban J connectivity index is 1.61. The van der Waals surface area contributed by atoms with E-state index in [1.807, 2.05) is 49.5 Å². The van der Waals surface area contributed by atoms with E-state index in [-0.39, 0.29) is 0 Å². The highest BCUT2D eigenvalue weighted by molar-refractivity contribution is 5.51. The van der Waals surface area contributed by atoms with E-state index in [9.17, 15) is 0 Å². The normalized spacial score (nSPS) is 10.9. The summed E-state index contributed by atoms with van der Waals surface area (Å²) in [4.78, 5) is 2.13. The van der Waals surface area contributed by atoms with E-state index < -0.39 is 0 Å². The molecule has 0 N–H and O–H groups in total. The maximum absolute atomic E-state index is 5.73. The van der Waals surface area contributed by atoms with Crippen molar-refractivity contribution in [1.82, 2.24) is 15.1 Å². The largest absolute Gasteiger partial charge is 0.497 e. The van der Waals surface area contributed by atoms with Gasteiger partial charge in [0.1, 0.15) is 5.75 Å². The molecule has 1 heterocycles. The van der Waals surface area contributed by atoms with Crippen LogP contribution < -0.4 is 4.74 Å². The fraction of sp³-hybridized carbons (Fsp3) is 0.222. The molecule has 0 aliphatic rings. The van der Waals surface area contributed by atoms with Gasteiger partial charge < -0.3 is 9.15 Å². The highest BCUT2D eigenvalue weighted by Gasteiger charge is 2.10. The summed E-state index contributed by atoms with van der Waals surface area (Å²) in [7, 11) is 3.69. The predicted octanol–water partition coefficient (Wildman–Crippen LogP) is 3.38. The molecule has 0 atom stereocenters. The van der Waals surface area contributed by atoms with E-state index in [0.717, 1.165) is 17.9 Å². The Morgan fingerprint density at radius 2 is 1.70 bits per heavy atom. The van der Waals surface area contributed by atoms with Crippen LogP contribution in [-0.4, -0.2) is 29.3 Å². The zero-order chi connectivity index (χ0) is 16.1. The van der Waals surface area contributed by atoms with Crippen molar-refractivity contribution >= 4 is 0 Å². The molecule has 2 aromatic carbocycles. The van der Waals surface area contributed by atoms with Crippen molar-refractivity contribution in [2.45, 2.75) is 13.1 Å². The van der Waals surface area contributed by atoms with Crippen LogP contribution in [0.5, 0.6) is 5.75 Å². The van der Waals surface area contributed by atoms with Crippen LogP contribution in [-0.2, 0) is 13.1 Å². The van der Waals surface area contributed by atoms with Crippen molar-refractivity contribution in [1.29, 1.82) is 0 Å². The van der Waals surface area contributed by atoms with Gasteiger partial charge in [-0.1, -0.05) is 30.3 Å². The quantitative estimate of drug-likeness (QED) is 0.698. The third-order valence-corrected chi connectivity index (χ3v) is 3.50. The van der Waals surface area contributed by atoms with Crippen LogP contribution in [0.4, 0.5) is 0 Å². The number of ether oxygens (including phenoxy) is 1. The average Bonchev–Trinajstić information content (AvgIpc) is 3.04. The van der Waals surface area contributed by atoms with Crippen LogP contribution in [0.25, 0.3) is 11.5 Å². The van der Waals surface area contributed by atoms with Crippen molar-refractivity contribution < 1.29 is 9.15 Å². The minimum atomic E-state index is 0.554. The van der Waals surface area contributed by atoms with Crippen LogP contribution in [0.1, 0.15) is 11.5 Å².